The van der Waals surface area contributed by atoms with Crippen molar-refractivity contribution in [1.29, 1.82) is 0 Å². The van der Waals surface area contributed by atoms with E-state index in [4.69, 9.17) is 4.74 Å². The smallest absolute Gasteiger partial charge is 0.269 e. The maximum absolute atomic E-state index is 12.7. The quantitative estimate of drug-likeness (QED) is 0.585. The van der Waals surface area contributed by atoms with Gasteiger partial charge in [-0.25, -0.2) is 8.42 Å². The molecular weight excluding hydrogens is 358 g/mol. The van der Waals surface area contributed by atoms with Gasteiger partial charge in [-0.1, -0.05) is 12.1 Å². The fourth-order valence-electron chi connectivity index (χ4n) is 2.95. The molecule has 0 bridgehead atoms. The fourth-order valence-corrected chi connectivity index (χ4v) is 4.37. The molecular formula is C17H19N3O5S. The number of nitrogens with zero attached hydrogens (tertiary/aromatic N) is 3. The van der Waals surface area contributed by atoms with Gasteiger partial charge >= 0.3 is 0 Å². The maximum Gasteiger partial charge on any atom is 0.269 e. The highest BCUT2D eigenvalue weighted by Gasteiger charge is 2.29. The Kier molecular flexibility index (Phi) is 5.10. The topological polar surface area (TPSA) is 93.0 Å². The molecule has 2 aromatic rings. The van der Waals surface area contributed by atoms with Crippen molar-refractivity contribution in [2.24, 2.45) is 0 Å². The summed E-state index contributed by atoms with van der Waals surface area (Å²) in [7, 11) is -2.07. The van der Waals surface area contributed by atoms with Crippen LogP contribution >= 0.6 is 0 Å². The number of methoxy groups -OCH3 is 1. The number of nitro benzene ring substituents is 1. The number of hydrogen-bond donors (Lipinski definition) is 0. The second kappa shape index (κ2) is 7.30. The first-order valence-electron chi connectivity index (χ1n) is 8.06. The number of para-hydroxylation sites is 2. The Bertz CT molecular complexity index is 891. The summed E-state index contributed by atoms with van der Waals surface area (Å²) in [5, 5.41) is 10.7. The van der Waals surface area contributed by atoms with E-state index in [1.54, 1.807) is 7.11 Å². The Hall–Kier alpha value is -2.65. The number of rotatable bonds is 5. The summed E-state index contributed by atoms with van der Waals surface area (Å²) < 4.78 is 32.3. The Morgan fingerprint density at radius 1 is 1.00 bits per heavy atom. The zero-order valence-electron chi connectivity index (χ0n) is 14.2. The molecule has 0 radical (unpaired) electrons. The van der Waals surface area contributed by atoms with Crippen molar-refractivity contribution in [3.63, 3.8) is 0 Å². The zero-order valence-corrected chi connectivity index (χ0v) is 15.1. The molecule has 0 atom stereocenters. The average Bonchev–Trinajstić information content (AvgIpc) is 2.68. The minimum atomic E-state index is -3.67. The van der Waals surface area contributed by atoms with Crippen LogP contribution in [0.25, 0.3) is 0 Å². The van der Waals surface area contributed by atoms with E-state index in [9.17, 15) is 18.5 Å². The number of non-ortho nitro benzene ring substituents is 1. The Morgan fingerprint density at radius 2 is 1.62 bits per heavy atom. The second-order valence-electron chi connectivity index (χ2n) is 5.81. The third-order valence-electron chi connectivity index (χ3n) is 4.35. The molecule has 138 valence electrons. The molecule has 0 aromatic heterocycles. The molecule has 26 heavy (non-hydrogen) atoms. The number of ether oxygens (including phenoxy) is 1. The normalized spacial score (nSPS) is 15.7. The summed E-state index contributed by atoms with van der Waals surface area (Å²) in [6.07, 6.45) is 0. The van der Waals surface area contributed by atoms with Crippen LogP contribution in [0.4, 0.5) is 11.4 Å². The summed E-state index contributed by atoms with van der Waals surface area (Å²) in [5.74, 6) is 0.749. The largest absolute Gasteiger partial charge is 0.495 e. The highest BCUT2D eigenvalue weighted by atomic mass is 32.2. The summed E-state index contributed by atoms with van der Waals surface area (Å²) in [5.41, 5.74) is 0.798. The van der Waals surface area contributed by atoms with Crippen LogP contribution in [0.2, 0.25) is 0 Å². The maximum atomic E-state index is 12.7. The predicted molar refractivity (Wildman–Crippen MR) is 97.1 cm³/mol. The van der Waals surface area contributed by atoms with E-state index in [2.05, 4.69) is 4.90 Å². The van der Waals surface area contributed by atoms with Crippen LogP contribution in [-0.4, -0.2) is 50.9 Å². The monoisotopic (exact) mass is 377 g/mol. The van der Waals surface area contributed by atoms with Crippen molar-refractivity contribution in [1.82, 2.24) is 4.31 Å². The molecule has 0 saturated carbocycles. The first-order valence-corrected chi connectivity index (χ1v) is 9.50. The first-order chi connectivity index (χ1) is 12.4. The SMILES string of the molecule is COc1ccccc1N1CCN(S(=O)(=O)c2ccc([N+](=O)[O-])cc2)CC1. The minimum absolute atomic E-state index is 0.0637. The van der Waals surface area contributed by atoms with Crippen LogP contribution in [0.5, 0.6) is 5.75 Å². The van der Waals surface area contributed by atoms with E-state index < -0.39 is 14.9 Å². The molecule has 1 aliphatic rings. The van der Waals surface area contributed by atoms with Crippen LogP contribution in [0, 0.1) is 10.1 Å². The second-order valence-corrected chi connectivity index (χ2v) is 7.75. The molecule has 0 aliphatic carbocycles. The Balaban J connectivity index is 1.73. The van der Waals surface area contributed by atoms with E-state index >= 15 is 0 Å². The molecule has 1 aliphatic heterocycles. The lowest BCUT2D eigenvalue weighted by atomic mass is 10.2. The van der Waals surface area contributed by atoms with Crippen LogP contribution in [-0.2, 0) is 10.0 Å². The summed E-state index contributed by atoms with van der Waals surface area (Å²) in [4.78, 5) is 12.3. The summed E-state index contributed by atoms with van der Waals surface area (Å²) in [6, 6.07) is 12.6. The van der Waals surface area contributed by atoms with E-state index in [0.717, 1.165) is 11.4 Å². The van der Waals surface area contributed by atoms with Crippen molar-refractivity contribution in [3.8, 4) is 5.75 Å². The zero-order chi connectivity index (χ0) is 18.7. The number of anilines is 1. The molecule has 0 unspecified atom stereocenters. The van der Waals surface area contributed by atoms with Gasteiger partial charge in [0.15, 0.2) is 0 Å². The molecule has 9 heteroatoms. The summed E-state index contributed by atoms with van der Waals surface area (Å²) in [6.45, 7) is 1.73. The van der Waals surface area contributed by atoms with Crippen LogP contribution in [0.3, 0.4) is 0 Å². The van der Waals surface area contributed by atoms with Gasteiger partial charge < -0.3 is 9.64 Å². The molecule has 2 aromatic carbocycles. The first kappa shape index (κ1) is 18.2. The van der Waals surface area contributed by atoms with E-state index in [0.29, 0.717) is 26.2 Å². The van der Waals surface area contributed by atoms with Gasteiger partial charge in [0.2, 0.25) is 10.0 Å². The minimum Gasteiger partial charge on any atom is -0.495 e. The molecule has 1 saturated heterocycles. The van der Waals surface area contributed by atoms with Gasteiger partial charge in [0.1, 0.15) is 5.75 Å². The van der Waals surface area contributed by atoms with Crippen molar-refractivity contribution in [2.75, 3.05) is 38.2 Å². The lowest BCUT2D eigenvalue weighted by Crippen LogP contribution is -2.48. The van der Waals surface area contributed by atoms with E-state index in [-0.39, 0.29) is 10.6 Å². The van der Waals surface area contributed by atoms with Gasteiger partial charge in [0.05, 0.1) is 22.6 Å². The molecule has 3 rings (SSSR count). The number of nitro groups is 1. The number of piperazine rings is 1. The number of hydrogen-bond acceptors (Lipinski definition) is 6. The summed E-state index contributed by atoms with van der Waals surface area (Å²) >= 11 is 0. The van der Waals surface area contributed by atoms with Crippen molar-refractivity contribution in [2.45, 2.75) is 4.90 Å². The van der Waals surface area contributed by atoms with Gasteiger partial charge in [-0.05, 0) is 24.3 Å². The van der Waals surface area contributed by atoms with Crippen molar-refractivity contribution in [3.05, 3.63) is 58.6 Å². The molecule has 0 N–H and O–H groups in total. The predicted octanol–water partition coefficient (Wildman–Crippen LogP) is 2.11. The fraction of sp³-hybridized carbons (Fsp3) is 0.294. The van der Waals surface area contributed by atoms with Gasteiger partial charge in [-0.15, -0.1) is 0 Å². The standard InChI is InChI=1S/C17H19N3O5S/c1-25-17-5-3-2-4-16(17)18-10-12-19(13-11-18)26(23,24)15-8-6-14(7-9-15)20(21)22/h2-9H,10-13H2,1H3. The Labute approximate surface area is 151 Å². The van der Waals surface area contributed by atoms with Gasteiger partial charge in [0, 0.05) is 38.3 Å². The van der Waals surface area contributed by atoms with Gasteiger partial charge in [-0.3, -0.25) is 10.1 Å². The van der Waals surface area contributed by atoms with Crippen LogP contribution in [0.15, 0.2) is 53.4 Å². The van der Waals surface area contributed by atoms with Gasteiger partial charge in [0.25, 0.3) is 5.69 Å². The van der Waals surface area contributed by atoms with Crippen molar-refractivity contribution >= 4 is 21.4 Å². The van der Waals surface area contributed by atoms with Crippen molar-refractivity contribution < 1.29 is 18.1 Å². The molecule has 0 spiro atoms. The van der Waals surface area contributed by atoms with Gasteiger partial charge in [-0.2, -0.15) is 4.31 Å². The molecule has 8 nitrogen and oxygen atoms in total. The number of sulfonamides is 1. The third kappa shape index (κ3) is 3.49. The highest BCUT2D eigenvalue weighted by molar-refractivity contribution is 7.89. The lowest BCUT2D eigenvalue weighted by Gasteiger charge is -2.35. The lowest BCUT2D eigenvalue weighted by molar-refractivity contribution is -0.384. The number of benzene rings is 2. The highest BCUT2D eigenvalue weighted by Crippen LogP contribution is 2.29. The average molecular weight is 377 g/mol. The molecule has 1 heterocycles. The van der Waals surface area contributed by atoms with Crippen LogP contribution < -0.4 is 9.64 Å². The van der Waals surface area contributed by atoms with E-state index in [1.165, 1.54) is 28.6 Å². The molecule has 1 fully saturated rings. The third-order valence-corrected chi connectivity index (χ3v) is 6.26. The Morgan fingerprint density at radius 3 is 2.19 bits per heavy atom. The molecule has 0 amide bonds. The van der Waals surface area contributed by atoms with E-state index in [1.807, 2.05) is 24.3 Å². The van der Waals surface area contributed by atoms with Crippen LogP contribution in [0.1, 0.15) is 0 Å².